The molecule has 0 amide bonds. The van der Waals surface area contributed by atoms with Crippen LogP contribution in [0.4, 0.5) is 0 Å². The molecule has 0 saturated carbocycles. The first kappa shape index (κ1) is 9.59. The van der Waals surface area contributed by atoms with E-state index in [1.165, 1.54) is 0 Å². The third-order valence-corrected chi connectivity index (χ3v) is 0.963. The molecule has 0 aromatic carbocycles. The van der Waals surface area contributed by atoms with E-state index in [1.54, 1.807) is 13.8 Å². The summed E-state index contributed by atoms with van der Waals surface area (Å²) in [5.41, 5.74) is -0.853. The van der Waals surface area contributed by atoms with Gasteiger partial charge in [0, 0.05) is 0 Å². The highest BCUT2D eigenvalue weighted by molar-refractivity contribution is 5.72. The molecule has 58 valence electrons. The fourth-order valence-electron chi connectivity index (χ4n) is 0.433. The fraction of sp³-hybridized carbons (Fsp3) is 0.444. The molecule has 0 N–H and O–H groups in total. The Morgan fingerprint density at radius 3 is 2.45 bits per heavy atom. The molecule has 11 heavy (non-hydrogen) atoms. The van der Waals surface area contributed by atoms with Crippen LogP contribution in [0, 0.1) is 24.7 Å². The van der Waals surface area contributed by atoms with Gasteiger partial charge in [-0.3, -0.25) is 4.79 Å². The minimum atomic E-state index is -0.853. The molecule has 0 saturated heterocycles. The number of hydrogen-bond acceptors (Lipinski definition) is 2. The molecule has 0 aromatic heterocycles. The average Bonchev–Trinajstić information content (AvgIpc) is 1.87. The van der Waals surface area contributed by atoms with Crippen LogP contribution < -0.4 is 0 Å². The van der Waals surface area contributed by atoms with Gasteiger partial charge in [0.2, 0.25) is 0 Å². The second-order valence-electron chi connectivity index (χ2n) is 2.51. The van der Waals surface area contributed by atoms with Crippen LogP contribution in [-0.4, -0.2) is 11.6 Å². The third-order valence-electron chi connectivity index (χ3n) is 0.963. The first-order chi connectivity index (χ1) is 5.02. The second kappa shape index (κ2) is 3.68. The monoisotopic (exact) mass is 150 g/mol. The number of ether oxygens (including phenoxy) is 1. The maximum absolute atomic E-state index is 10.8. The third kappa shape index (κ3) is 4.06. The van der Waals surface area contributed by atoms with Gasteiger partial charge in [0.05, 0.1) is 0 Å². The van der Waals surface area contributed by atoms with Gasteiger partial charge in [0.25, 0.3) is 0 Å². The van der Waals surface area contributed by atoms with Crippen LogP contribution in [0.5, 0.6) is 0 Å². The SMILES string of the molecule is C#CCC(=O)OC(C)(C)C#C. The van der Waals surface area contributed by atoms with Crippen molar-refractivity contribution in [2.75, 3.05) is 0 Å². The Morgan fingerprint density at radius 2 is 2.09 bits per heavy atom. The van der Waals surface area contributed by atoms with Crippen molar-refractivity contribution in [3.63, 3.8) is 0 Å². The number of carbonyl (C=O) groups excluding carboxylic acids is 1. The number of hydrogen-bond donors (Lipinski definition) is 0. The molecule has 0 aliphatic carbocycles. The van der Waals surface area contributed by atoms with Crippen LogP contribution in [-0.2, 0) is 9.53 Å². The van der Waals surface area contributed by atoms with E-state index in [9.17, 15) is 4.79 Å². The van der Waals surface area contributed by atoms with Crippen LogP contribution >= 0.6 is 0 Å². The molecule has 0 unspecified atom stereocenters. The minimum absolute atomic E-state index is 0.0366. The molecule has 0 aromatic rings. The van der Waals surface area contributed by atoms with Crippen LogP contribution in [0.25, 0.3) is 0 Å². The van der Waals surface area contributed by atoms with Crippen LogP contribution in [0.2, 0.25) is 0 Å². The number of carbonyl (C=O) groups is 1. The summed E-state index contributed by atoms with van der Waals surface area (Å²) in [6.07, 6.45) is 9.92. The summed E-state index contributed by atoms with van der Waals surface area (Å²) in [6.45, 7) is 3.25. The lowest BCUT2D eigenvalue weighted by Gasteiger charge is -2.17. The van der Waals surface area contributed by atoms with Gasteiger partial charge in [-0.05, 0) is 13.8 Å². The van der Waals surface area contributed by atoms with E-state index in [1.807, 2.05) is 0 Å². The Hall–Kier alpha value is -1.41. The summed E-state index contributed by atoms with van der Waals surface area (Å²) in [5.74, 6) is 4.03. The van der Waals surface area contributed by atoms with Crippen LogP contribution in [0.1, 0.15) is 20.3 Å². The molecule has 2 nitrogen and oxygen atoms in total. The molecule has 0 rings (SSSR count). The molecule has 0 fully saturated rings. The lowest BCUT2D eigenvalue weighted by atomic mass is 10.1. The first-order valence-electron chi connectivity index (χ1n) is 3.15. The topological polar surface area (TPSA) is 26.3 Å². The number of rotatable bonds is 2. The van der Waals surface area contributed by atoms with Crippen molar-refractivity contribution in [3.8, 4) is 24.7 Å². The molecular weight excluding hydrogens is 140 g/mol. The van der Waals surface area contributed by atoms with E-state index in [-0.39, 0.29) is 6.42 Å². The Kier molecular flexibility index (Phi) is 3.21. The van der Waals surface area contributed by atoms with E-state index in [2.05, 4.69) is 11.8 Å². The molecule has 0 bridgehead atoms. The van der Waals surface area contributed by atoms with Gasteiger partial charge in [0.1, 0.15) is 6.42 Å². The highest BCUT2D eigenvalue weighted by atomic mass is 16.6. The van der Waals surface area contributed by atoms with Crippen molar-refractivity contribution in [2.24, 2.45) is 0 Å². The van der Waals surface area contributed by atoms with E-state index >= 15 is 0 Å². The van der Waals surface area contributed by atoms with E-state index in [0.29, 0.717) is 0 Å². The molecule has 0 aliphatic heterocycles. The normalized spacial score (nSPS) is 9.45. The zero-order valence-corrected chi connectivity index (χ0v) is 6.68. The van der Waals surface area contributed by atoms with E-state index in [0.717, 1.165) is 0 Å². The molecule has 0 spiro atoms. The Balaban J connectivity index is 3.99. The summed E-state index contributed by atoms with van der Waals surface area (Å²) in [7, 11) is 0. The molecule has 0 heterocycles. The van der Waals surface area contributed by atoms with Crippen molar-refractivity contribution in [1.82, 2.24) is 0 Å². The zero-order valence-electron chi connectivity index (χ0n) is 6.68. The Morgan fingerprint density at radius 1 is 1.55 bits per heavy atom. The van der Waals surface area contributed by atoms with Crippen molar-refractivity contribution >= 4 is 5.97 Å². The van der Waals surface area contributed by atoms with E-state index in [4.69, 9.17) is 17.6 Å². The second-order valence-corrected chi connectivity index (χ2v) is 2.51. The smallest absolute Gasteiger partial charge is 0.319 e. The van der Waals surface area contributed by atoms with Gasteiger partial charge in [0.15, 0.2) is 5.60 Å². The lowest BCUT2D eigenvalue weighted by molar-refractivity contribution is -0.150. The highest BCUT2D eigenvalue weighted by Gasteiger charge is 2.18. The molecule has 2 heteroatoms. The van der Waals surface area contributed by atoms with Crippen LogP contribution in [0.3, 0.4) is 0 Å². The summed E-state index contributed by atoms with van der Waals surface area (Å²) < 4.78 is 4.81. The summed E-state index contributed by atoms with van der Waals surface area (Å²) >= 11 is 0. The highest BCUT2D eigenvalue weighted by Crippen LogP contribution is 2.07. The summed E-state index contributed by atoms with van der Waals surface area (Å²) in [5, 5.41) is 0. The van der Waals surface area contributed by atoms with Crippen molar-refractivity contribution < 1.29 is 9.53 Å². The Labute approximate surface area is 66.9 Å². The van der Waals surface area contributed by atoms with Gasteiger partial charge >= 0.3 is 5.97 Å². The minimum Gasteiger partial charge on any atom is -0.446 e. The van der Waals surface area contributed by atoms with Gasteiger partial charge in [-0.25, -0.2) is 0 Å². The predicted molar refractivity (Wildman–Crippen MR) is 42.5 cm³/mol. The van der Waals surface area contributed by atoms with Gasteiger partial charge in [-0.2, -0.15) is 0 Å². The number of terminal acetylenes is 2. The average molecular weight is 150 g/mol. The zero-order chi connectivity index (χ0) is 8.91. The first-order valence-corrected chi connectivity index (χ1v) is 3.15. The molecule has 0 atom stereocenters. The molecule has 0 radical (unpaired) electrons. The largest absolute Gasteiger partial charge is 0.446 e. The molecular formula is C9H10O2. The van der Waals surface area contributed by atoms with Gasteiger partial charge in [-0.1, -0.05) is 11.8 Å². The lowest BCUT2D eigenvalue weighted by Crippen LogP contribution is -2.25. The fourth-order valence-corrected chi connectivity index (χ4v) is 0.433. The molecule has 0 aliphatic rings. The van der Waals surface area contributed by atoms with Gasteiger partial charge < -0.3 is 4.74 Å². The standard InChI is InChI=1S/C9H10O2/c1-5-7-8(10)11-9(3,4)6-2/h1-2H,7H2,3-4H3. The Bertz CT molecular complexity index is 225. The quantitative estimate of drug-likeness (QED) is 0.433. The van der Waals surface area contributed by atoms with Crippen molar-refractivity contribution in [1.29, 1.82) is 0 Å². The maximum atomic E-state index is 10.8. The van der Waals surface area contributed by atoms with E-state index < -0.39 is 11.6 Å². The summed E-state index contributed by atoms with van der Waals surface area (Å²) in [6, 6.07) is 0. The van der Waals surface area contributed by atoms with Crippen molar-refractivity contribution in [2.45, 2.75) is 25.9 Å². The number of esters is 1. The van der Waals surface area contributed by atoms with Crippen LogP contribution in [0.15, 0.2) is 0 Å². The van der Waals surface area contributed by atoms with Gasteiger partial charge in [-0.15, -0.1) is 12.8 Å². The maximum Gasteiger partial charge on any atom is 0.319 e. The van der Waals surface area contributed by atoms with Crippen molar-refractivity contribution in [3.05, 3.63) is 0 Å². The predicted octanol–water partition coefficient (Wildman–Crippen LogP) is 0.965. The summed E-state index contributed by atoms with van der Waals surface area (Å²) in [4.78, 5) is 10.8.